The molecule has 1 amide bonds. The Morgan fingerprint density at radius 2 is 1.91 bits per heavy atom. The zero-order valence-electron chi connectivity index (χ0n) is 20.4. The predicted molar refractivity (Wildman–Crippen MR) is 126 cm³/mol. The van der Waals surface area contributed by atoms with Gasteiger partial charge in [-0.3, -0.25) is 9.36 Å². The minimum Gasteiger partial charge on any atom is -0.388 e. The number of halogens is 5. The number of hydrogen-bond acceptors (Lipinski definition) is 3. The van der Waals surface area contributed by atoms with Crippen molar-refractivity contribution in [3.63, 3.8) is 0 Å². The molecule has 35 heavy (non-hydrogen) atoms. The lowest BCUT2D eigenvalue weighted by Gasteiger charge is -2.34. The van der Waals surface area contributed by atoms with E-state index in [2.05, 4.69) is 17.2 Å². The van der Waals surface area contributed by atoms with Crippen LogP contribution in [0.25, 0.3) is 5.69 Å². The first kappa shape index (κ1) is 27.5. The number of carbonyl (C=O) groups is 1. The molecule has 2 aromatic rings. The number of aromatic nitrogens is 2. The van der Waals surface area contributed by atoms with E-state index in [1.54, 1.807) is 6.92 Å². The number of hydrogen-bond donors (Lipinski definition) is 2. The monoisotopic (exact) mass is 517 g/mol. The van der Waals surface area contributed by atoms with Gasteiger partial charge in [-0.15, -0.1) is 0 Å². The van der Waals surface area contributed by atoms with E-state index in [9.17, 15) is 23.1 Å². The van der Waals surface area contributed by atoms with Crippen LogP contribution in [0.3, 0.4) is 0 Å². The maximum atomic E-state index is 15.1. The molecule has 5 nitrogen and oxygen atoms in total. The second kappa shape index (κ2) is 10.1. The van der Waals surface area contributed by atoms with Gasteiger partial charge < -0.3 is 10.4 Å². The van der Waals surface area contributed by atoms with Gasteiger partial charge in [-0.1, -0.05) is 45.4 Å². The van der Waals surface area contributed by atoms with E-state index in [1.165, 1.54) is 16.7 Å². The van der Waals surface area contributed by atoms with Crippen molar-refractivity contribution >= 4 is 17.5 Å². The number of rotatable bonds is 7. The zero-order valence-corrected chi connectivity index (χ0v) is 21.2. The summed E-state index contributed by atoms with van der Waals surface area (Å²) in [4.78, 5) is 17.1. The van der Waals surface area contributed by atoms with Crippen molar-refractivity contribution in [3.8, 4) is 5.69 Å². The molecule has 1 aliphatic carbocycles. The Morgan fingerprint density at radius 3 is 2.46 bits per heavy atom. The van der Waals surface area contributed by atoms with Crippen molar-refractivity contribution in [2.24, 2.45) is 11.3 Å². The topological polar surface area (TPSA) is 67.2 Å². The molecule has 2 N–H and O–H groups in total. The third-order valence-corrected chi connectivity index (χ3v) is 7.22. The SMILES string of the molecule is CCc1nc(C(=O)NCC2(O)CCC(C)CC2)c(Cl)n1-c1ccc(CC(C)(C)C(F)(F)F)cc1F. The van der Waals surface area contributed by atoms with Gasteiger partial charge >= 0.3 is 6.18 Å². The van der Waals surface area contributed by atoms with Crippen LogP contribution in [-0.2, 0) is 12.8 Å². The summed E-state index contributed by atoms with van der Waals surface area (Å²) in [5.74, 6) is -0.497. The molecule has 194 valence electrons. The highest BCUT2D eigenvalue weighted by molar-refractivity contribution is 6.32. The molecule has 1 aromatic heterocycles. The highest BCUT2D eigenvalue weighted by Gasteiger charge is 2.47. The summed E-state index contributed by atoms with van der Waals surface area (Å²) in [5.41, 5.74) is -2.93. The van der Waals surface area contributed by atoms with E-state index in [0.29, 0.717) is 31.0 Å². The normalized spacial score (nSPS) is 21.3. The molecule has 1 aliphatic rings. The van der Waals surface area contributed by atoms with E-state index in [4.69, 9.17) is 11.6 Å². The molecular weight excluding hydrogens is 486 g/mol. The number of aryl methyl sites for hydroxylation is 1. The Morgan fingerprint density at radius 1 is 1.29 bits per heavy atom. The number of nitrogens with one attached hydrogen (secondary N) is 1. The number of amides is 1. The van der Waals surface area contributed by atoms with Crippen molar-refractivity contribution in [1.82, 2.24) is 14.9 Å². The van der Waals surface area contributed by atoms with E-state index in [-0.39, 0.29) is 35.1 Å². The average Bonchev–Trinajstić information content (AvgIpc) is 3.10. The number of alkyl halides is 3. The van der Waals surface area contributed by atoms with Crippen molar-refractivity contribution in [2.45, 2.75) is 78.0 Å². The van der Waals surface area contributed by atoms with Crippen molar-refractivity contribution in [3.05, 3.63) is 46.3 Å². The Kier molecular flexibility index (Phi) is 7.91. The fourth-order valence-electron chi connectivity index (χ4n) is 4.33. The standard InChI is InChI=1S/C25H32ClF4N3O2/c1-5-19-32-20(22(34)31-14-24(35)10-8-15(2)9-11-24)21(26)33(19)18-7-6-16(12-17(18)27)13-23(3,4)25(28,29)30/h6-7,12,15,35H,5,8-11,13-14H2,1-4H3,(H,31,34). The van der Waals surface area contributed by atoms with Gasteiger partial charge in [-0.25, -0.2) is 9.37 Å². The summed E-state index contributed by atoms with van der Waals surface area (Å²) in [5, 5.41) is 13.3. The van der Waals surface area contributed by atoms with Crippen LogP contribution in [0.15, 0.2) is 18.2 Å². The van der Waals surface area contributed by atoms with Gasteiger partial charge in [-0.05, 0) is 55.7 Å². The summed E-state index contributed by atoms with van der Waals surface area (Å²) >= 11 is 6.45. The van der Waals surface area contributed by atoms with Gasteiger partial charge in [0, 0.05) is 13.0 Å². The van der Waals surface area contributed by atoms with E-state index >= 15 is 4.39 Å². The Balaban J connectivity index is 1.83. The summed E-state index contributed by atoms with van der Waals surface area (Å²) in [6, 6.07) is 3.82. The minimum absolute atomic E-state index is 0.00754. The largest absolute Gasteiger partial charge is 0.394 e. The Bertz CT molecular complexity index is 1070. The number of benzene rings is 1. The molecule has 0 bridgehead atoms. The molecule has 10 heteroatoms. The van der Waals surface area contributed by atoms with Gasteiger partial charge in [0.2, 0.25) is 0 Å². The zero-order chi connectivity index (χ0) is 26.2. The van der Waals surface area contributed by atoms with Crippen molar-refractivity contribution in [2.75, 3.05) is 6.54 Å². The molecule has 0 atom stereocenters. The average molecular weight is 518 g/mol. The van der Waals surface area contributed by atoms with Crippen molar-refractivity contribution < 1.29 is 27.5 Å². The van der Waals surface area contributed by atoms with Crippen LogP contribution in [0.1, 0.15) is 75.3 Å². The molecule has 0 radical (unpaired) electrons. The van der Waals surface area contributed by atoms with Crippen LogP contribution >= 0.6 is 11.6 Å². The number of imidazole rings is 1. The summed E-state index contributed by atoms with van der Waals surface area (Å²) < 4.78 is 56.1. The molecule has 1 fully saturated rings. The molecule has 0 spiro atoms. The lowest BCUT2D eigenvalue weighted by molar-refractivity contribution is -0.211. The van der Waals surface area contributed by atoms with E-state index in [0.717, 1.165) is 32.8 Å². The third kappa shape index (κ3) is 6.00. The quantitative estimate of drug-likeness (QED) is 0.441. The van der Waals surface area contributed by atoms with E-state index in [1.807, 2.05) is 0 Å². The van der Waals surface area contributed by atoms with Crippen molar-refractivity contribution in [1.29, 1.82) is 0 Å². The van der Waals surface area contributed by atoms with Crippen LogP contribution in [0.2, 0.25) is 5.15 Å². The fourth-order valence-corrected chi connectivity index (χ4v) is 4.64. The van der Waals surface area contributed by atoms with Crippen LogP contribution in [-0.4, -0.2) is 38.9 Å². The van der Waals surface area contributed by atoms with Crippen LogP contribution in [0, 0.1) is 17.2 Å². The highest BCUT2D eigenvalue weighted by Crippen LogP contribution is 2.40. The first-order valence-electron chi connectivity index (χ1n) is 11.8. The maximum absolute atomic E-state index is 15.1. The lowest BCUT2D eigenvalue weighted by atomic mass is 9.79. The van der Waals surface area contributed by atoms with Gasteiger partial charge in [-0.2, -0.15) is 13.2 Å². The predicted octanol–water partition coefficient (Wildman–Crippen LogP) is 6.03. The lowest BCUT2D eigenvalue weighted by Crippen LogP contribution is -2.45. The third-order valence-electron chi connectivity index (χ3n) is 6.87. The maximum Gasteiger partial charge on any atom is 0.394 e. The van der Waals surface area contributed by atoms with Gasteiger partial charge in [0.15, 0.2) is 5.69 Å². The molecule has 0 unspecified atom stereocenters. The second-order valence-corrected chi connectivity index (χ2v) is 10.6. The molecule has 3 rings (SSSR count). The number of nitrogens with zero attached hydrogens (tertiary/aromatic N) is 2. The first-order chi connectivity index (χ1) is 16.2. The minimum atomic E-state index is -4.43. The van der Waals surface area contributed by atoms with Gasteiger partial charge in [0.1, 0.15) is 16.8 Å². The molecule has 1 aromatic carbocycles. The molecular formula is C25H32ClF4N3O2. The Hall–Kier alpha value is -2.13. The van der Waals surface area contributed by atoms with E-state index < -0.39 is 28.9 Å². The summed E-state index contributed by atoms with van der Waals surface area (Å²) in [6.45, 7) is 6.08. The van der Waals surface area contributed by atoms with Gasteiger partial charge in [0.25, 0.3) is 5.91 Å². The fraction of sp³-hybridized carbons (Fsp3) is 0.600. The number of carbonyl (C=O) groups excluding carboxylic acids is 1. The smallest absolute Gasteiger partial charge is 0.388 e. The summed E-state index contributed by atoms with van der Waals surface area (Å²) in [6.07, 6.45) is -1.58. The molecule has 1 heterocycles. The highest BCUT2D eigenvalue weighted by atomic mass is 35.5. The van der Waals surface area contributed by atoms with Crippen LogP contribution in [0.5, 0.6) is 0 Å². The second-order valence-electron chi connectivity index (χ2n) is 10.3. The molecule has 1 saturated carbocycles. The molecule has 0 saturated heterocycles. The number of aliphatic hydroxyl groups is 1. The Labute approximate surface area is 207 Å². The van der Waals surface area contributed by atoms with Gasteiger partial charge in [0.05, 0.1) is 16.7 Å². The van der Waals surface area contributed by atoms with Crippen LogP contribution < -0.4 is 5.32 Å². The molecule has 0 aliphatic heterocycles. The first-order valence-corrected chi connectivity index (χ1v) is 12.2. The van der Waals surface area contributed by atoms with Crippen LogP contribution in [0.4, 0.5) is 17.6 Å². The summed E-state index contributed by atoms with van der Waals surface area (Å²) in [7, 11) is 0.